The van der Waals surface area contributed by atoms with Crippen molar-refractivity contribution in [3.05, 3.63) is 0 Å². The lowest BCUT2D eigenvalue weighted by Gasteiger charge is -2.43. The molecule has 2 N–H and O–H groups in total. The van der Waals surface area contributed by atoms with Crippen molar-refractivity contribution in [2.24, 2.45) is 16.7 Å². The molecule has 0 spiro atoms. The third-order valence-electron chi connectivity index (χ3n) is 4.32. The van der Waals surface area contributed by atoms with E-state index in [2.05, 4.69) is 20.8 Å². The summed E-state index contributed by atoms with van der Waals surface area (Å²) in [6, 6.07) is 0. The van der Waals surface area contributed by atoms with Crippen LogP contribution >= 0.6 is 0 Å². The van der Waals surface area contributed by atoms with E-state index >= 15 is 0 Å². The van der Waals surface area contributed by atoms with Gasteiger partial charge in [0.15, 0.2) is 0 Å². The SMILES string of the molecule is CC(C)(C)C1CCC(CC(=O)O)(CC(=O)O)CC1. The molecular weight excluding hydrogens is 232 g/mol. The lowest BCUT2D eigenvalue weighted by molar-refractivity contribution is -0.145. The zero-order valence-electron chi connectivity index (χ0n) is 11.5. The lowest BCUT2D eigenvalue weighted by Crippen LogP contribution is -2.35. The molecule has 1 fully saturated rings. The Labute approximate surface area is 108 Å². The molecule has 0 aromatic carbocycles. The minimum absolute atomic E-state index is 0.0177. The van der Waals surface area contributed by atoms with Crippen LogP contribution in [0.15, 0.2) is 0 Å². The molecule has 18 heavy (non-hydrogen) atoms. The van der Waals surface area contributed by atoms with E-state index in [0.717, 1.165) is 12.8 Å². The van der Waals surface area contributed by atoms with Gasteiger partial charge in [-0.1, -0.05) is 20.8 Å². The molecule has 0 aromatic heterocycles. The van der Waals surface area contributed by atoms with Crippen molar-refractivity contribution in [2.45, 2.75) is 59.3 Å². The fourth-order valence-corrected chi connectivity index (χ4v) is 3.15. The minimum atomic E-state index is -0.884. The van der Waals surface area contributed by atoms with E-state index in [1.54, 1.807) is 0 Å². The highest BCUT2D eigenvalue weighted by Gasteiger charge is 2.41. The monoisotopic (exact) mass is 256 g/mol. The van der Waals surface area contributed by atoms with E-state index in [4.69, 9.17) is 10.2 Å². The van der Waals surface area contributed by atoms with Gasteiger partial charge in [-0.3, -0.25) is 9.59 Å². The van der Waals surface area contributed by atoms with E-state index in [0.29, 0.717) is 18.8 Å². The maximum atomic E-state index is 10.9. The predicted octanol–water partition coefficient (Wildman–Crippen LogP) is 3.16. The third kappa shape index (κ3) is 4.00. The van der Waals surface area contributed by atoms with Crippen LogP contribution in [0.25, 0.3) is 0 Å². The molecular formula is C14H24O4. The summed E-state index contributed by atoms with van der Waals surface area (Å²) in [5.74, 6) is -1.20. The van der Waals surface area contributed by atoms with Gasteiger partial charge in [-0.2, -0.15) is 0 Å². The molecule has 0 heterocycles. The van der Waals surface area contributed by atoms with Crippen LogP contribution in [0.1, 0.15) is 59.3 Å². The largest absolute Gasteiger partial charge is 0.481 e. The van der Waals surface area contributed by atoms with Gasteiger partial charge in [0, 0.05) is 0 Å². The fraction of sp³-hybridized carbons (Fsp3) is 0.857. The number of rotatable bonds is 4. The Morgan fingerprint density at radius 2 is 1.44 bits per heavy atom. The lowest BCUT2D eigenvalue weighted by atomic mass is 9.62. The second-order valence-electron chi connectivity index (χ2n) is 6.78. The Balaban J connectivity index is 2.73. The first-order chi connectivity index (χ1) is 8.15. The summed E-state index contributed by atoms with van der Waals surface area (Å²) in [6.07, 6.45) is 3.27. The molecule has 1 aliphatic carbocycles. The molecule has 0 aromatic rings. The summed E-state index contributed by atoms with van der Waals surface area (Å²) < 4.78 is 0. The van der Waals surface area contributed by atoms with E-state index in [9.17, 15) is 9.59 Å². The summed E-state index contributed by atoms with van der Waals surface area (Å²) >= 11 is 0. The second kappa shape index (κ2) is 5.29. The number of hydrogen-bond donors (Lipinski definition) is 2. The van der Waals surface area contributed by atoms with Crippen LogP contribution in [0.3, 0.4) is 0 Å². The molecule has 0 amide bonds. The standard InChI is InChI=1S/C14H24O4/c1-13(2,3)10-4-6-14(7-5-10,8-11(15)16)9-12(17)18/h10H,4-9H2,1-3H3,(H,15,16)(H,17,18). The highest BCUT2D eigenvalue weighted by atomic mass is 16.4. The first kappa shape index (κ1) is 15.0. The van der Waals surface area contributed by atoms with E-state index in [-0.39, 0.29) is 18.3 Å². The average molecular weight is 256 g/mol. The van der Waals surface area contributed by atoms with Crippen molar-refractivity contribution < 1.29 is 19.8 Å². The van der Waals surface area contributed by atoms with Crippen LogP contribution < -0.4 is 0 Å². The highest BCUT2D eigenvalue weighted by molar-refractivity contribution is 5.72. The molecule has 4 nitrogen and oxygen atoms in total. The smallest absolute Gasteiger partial charge is 0.303 e. The molecule has 0 unspecified atom stereocenters. The van der Waals surface area contributed by atoms with Crippen molar-refractivity contribution >= 4 is 11.9 Å². The van der Waals surface area contributed by atoms with Crippen molar-refractivity contribution in [1.29, 1.82) is 0 Å². The third-order valence-corrected chi connectivity index (χ3v) is 4.32. The van der Waals surface area contributed by atoms with E-state index < -0.39 is 17.4 Å². The van der Waals surface area contributed by atoms with Crippen LogP contribution in [-0.4, -0.2) is 22.2 Å². The van der Waals surface area contributed by atoms with Gasteiger partial charge in [0.25, 0.3) is 0 Å². The second-order valence-corrected chi connectivity index (χ2v) is 6.78. The molecule has 0 bridgehead atoms. The van der Waals surface area contributed by atoms with Crippen LogP contribution in [0.2, 0.25) is 0 Å². The van der Waals surface area contributed by atoms with E-state index in [1.165, 1.54) is 0 Å². The molecule has 4 heteroatoms. The topological polar surface area (TPSA) is 74.6 Å². The summed E-state index contributed by atoms with van der Waals surface area (Å²) in [6.45, 7) is 6.58. The van der Waals surface area contributed by atoms with Crippen LogP contribution in [0, 0.1) is 16.7 Å². The highest BCUT2D eigenvalue weighted by Crippen LogP contribution is 2.48. The average Bonchev–Trinajstić information content (AvgIpc) is 2.13. The molecule has 0 radical (unpaired) electrons. The van der Waals surface area contributed by atoms with Gasteiger partial charge in [0.2, 0.25) is 0 Å². The molecule has 1 saturated carbocycles. The van der Waals surface area contributed by atoms with Crippen LogP contribution in [0.4, 0.5) is 0 Å². The maximum absolute atomic E-state index is 10.9. The normalized spacial score (nSPS) is 20.6. The van der Waals surface area contributed by atoms with Gasteiger partial charge in [-0.25, -0.2) is 0 Å². The van der Waals surface area contributed by atoms with Gasteiger partial charge in [-0.15, -0.1) is 0 Å². The first-order valence-corrected chi connectivity index (χ1v) is 6.58. The minimum Gasteiger partial charge on any atom is -0.481 e. The van der Waals surface area contributed by atoms with Crippen molar-refractivity contribution in [2.75, 3.05) is 0 Å². The Hall–Kier alpha value is -1.06. The number of carbonyl (C=O) groups is 2. The van der Waals surface area contributed by atoms with Crippen molar-refractivity contribution in [3.8, 4) is 0 Å². The Kier molecular flexibility index (Phi) is 4.41. The predicted molar refractivity (Wildman–Crippen MR) is 68.4 cm³/mol. The Bertz CT molecular complexity index is 301. The molecule has 104 valence electrons. The van der Waals surface area contributed by atoms with Gasteiger partial charge < -0.3 is 10.2 Å². The molecule has 0 aliphatic heterocycles. The Morgan fingerprint density at radius 3 is 1.72 bits per heavy atom. The van der Waals surface area contributed by atoms with Crippen LogP contribution in [0.5, 0.6) is 0 Å². The van der Waals surface area contributed by atoms with Crippen molar-refractivity contribution in [1.82, 2.24) is 0 Å². The van der Waals surface area contributed by atoms with Gasteiger partial charge in [0.1, 0.15) is 0 Å². The first-order valence-electron chi connectivity index (χ1n) is 6.58. The van der Waals surface area contributed by atoms with E-state index in [1.807, 2.05) is 0 Å². The summed E-state index contributed by atoms with van der Waals surface area (Å²) in [4.78, 5) is 21.9. The zero-order valence-corrected chi connectivity index (χ0v) is 11.5. The number of carboxylic acid groups (broad SMARTS) is 2. The van der Waals surface area contributed by atoms with Gasteiger partial charge >= 0.3 is 11.9 Å². The summed E-state index contributed by atoms with van der Waals surface area (Å²) in [7, 11) is 0. The van der Waals surface area contributed by atoms with Crippen molar-refractivity contribution in [3.63, 3.8) is 0 Å². The fourth-order valence-electron chi connectivity index (χ4n) is 3.15. The summed E-state index contributed by atoms with van der Waals surface area (Å²) in [5.41, 5.74) is -0.308. The number of aliphatic carboxylic acids is 2. The van der Waals surface area contributed by atoms with Gasteiger partial charge in [0.05, 0.1) is 12.8 Å². The molecule has 1 rings (SSSR count). The van der Waals surface area contributed by atoms with Gasteiger partial charge in [-0.05, 0) is 42.4 Å². The molecule has 0 atom stereocenters. The number of hydrogen-bond acceptors (Lipinski definition) is 2. The number of carboxylic acids is 2. The molecule has 1 aliphatic rings. The van der Waals surface area contributed by atoms with Crippen LogP contribution in [-0.2, 0) is 9.59 Å². The summed E-state index contributed by atoms with van der Waals surface area (Å²) in [5, 5.41) is 18.0. The Morgan fingerprint density at radius 1 is 1.06 bits per heavy atom. The molecule has 0 saturated heterocycles. The zero-order chi connectivity index (χ0) is 14.0. The quantitative estimate of drug-likeness (QED) is 0.810. The maximum Gasteiger partial charge on any atom is 0.303 e.